The number of rotatable bonds is 3. The van der Waals surface area contributed by atoms with Gasteiger partial charge in [-0.15, -0.1) is 0 Å². The lowest BCUT2D eigenvalue weighted by Crippen LogP contribution is -2.16. The predicted molar refractivity (Wildman–Crippen MR) is 76.7 cm³/mol. The van der Waals surface area contributed by atoms with E-state index in [0.717, 1.165) is 11.4 Å². The van der Waals surface area contributed by atoms with Crippen molar-refractivity contribution >= 4 is 34.8 Å². The largest absolute Gasteiger partial charge is 0.326 e. The third-order valence-electron chi connectivity index (χ3n) is 2.64. The summed E-state index contributed by atoms with van der Waals surface area (Å²) in [5, 5.41) is 7.84. The van der Waals surface area contributed by atoms with Gasteiger partial charge in [0.2, 0.25) is 5.91 Å². The molecule has 0 radical (unpaired) electrons. The first-order chi connectivity index (χ1) is 8.95. The normalized spacial score (nSPS) is 10.5. The zero-order valence-electron chi connectivity index (χ0n) is 10.6. The second-order valence-corrected chi connectivity index (χ2v) is 5.07. The van der Waals surface area contributed by atoms with Crippen molar-refractivity contribution in [3.05, 3.63) is 45.7 Å². The van der Waals surface area contributed by atoms with E-state index in [1.165, 1.54) is 0 Å². The number of hydrogen-bond donors (Lipinski definition) is 1. The van der Waals surface area contributed by atoms with E-state index in [1.54, 1.807) is 22.9 Å². The molecular formula is C13H13Cl2N3O. The lowest BCUT2D eigenvalue weighted by molar-refractivity contribution is -0.115. The fourth-order valence-electron chi connectivity index (χ4n) is 1.77. The van der Waals surface area contributed by atoms with Gasteiger partial charge in [-0.25, -0.2) is 0 Å². The van der Waals surface area contributed by atoms with Gasteiger partial charge in [0.15, 0.2) is 0 Å². The van der Waals surface area contributed by atoms with Crippen molar-refractivity contribution in [1.82, 2.24) is 9.78 Å². The number of carbonyl (C=O) groups is 1. The van der Waals surface area contributed by atoms with Crippen molar-refractivity contribution in [2.24, 2.45) is 7.05 Å². The minimum Gasteiger partial charge on any atom is -0.326 e. The molecule has 0 atom stereocenters. The van der Waals surface area contributed by atoms with Gasteiger partial charge in [-0.2, -0.15) is 5.10 Å². The Bertz CT molecular complexity index is 622. The first kappa shape index (κ1) is 13.9. The minimum absolute atomic E-state index is 0.124. The summed E-state index contributed by atoms with van der Waals surface area (Å²) in [4.78, 5) is 11.9. The van der Waals surface area contributed by atoms with Crippen LogP contribution in [0.2, 0.25) is 10.0 Å². The molecule has 1 aromatic carbocycles. The zero-order valence-corrected chi connectivity index (χ0v) is 12.1. The number of aromatic nitrogens is 2. The predicted octanol–water partition coefficient (Wildman–Crippen LogP) is 3.22. The van der Waals surface area contributed by atoms with E-state index >= 15 is 0 Å². The van der Waals surface area contributed by atoms with Crippen molar-refractivity contribution in [2.45, 2.75) is 13.3 Å². The molecular weight excluding hydrogens is 285 g/mol. The first-order valence-corrected chi connectivity index (χ1v) is 6.45. The molecule has 2 rings (SSSR count). The number of benzene rings is 1. The average molecular weight is 298 g/mol. The Morgan fingerprint density at radius 3 is 2.63 bits per heavy atom. The van der Waals surface area contributed by atoms with Crippen LogP contribution in [-0.2, 0) is 18.3 Å². The number of carbonyl (C=O) groups excluding carboxylic acids is 1. The number of hydrogen-bond acceptors (Lipinski definition) is 2. The molecule has 1 amide bonds. The van der Waals surface area contributed by atoms with Crippen LogP contribution in [-0.4, -0.2) is 15.7 Å². The summed E-state index contributed by atoms with van der Waals surface area (Å²) in [5.74, 6) is -0.124. The van der Waals surface area contributed by atoms with Crippen LogP contribution < -0.4 is 5.32 Å². The van der Waals surface area contributed by atoms with E-state index in [1.807, 2.05) is 20.0 Å². The van der Waals surface area contributed by atoms with E-state index in [9.17, 15) is 4.79 Å². The highest BCUT2D eigenvalue weighted by atomic mass is 35.5. The lowest BCUT2D eigenvalue weighted by atomic mass is 10.2. The van der Waals surface area contributed by atoms with Crippen molar-refractivity contribution < 1.29 is 4.79 Å². The molecule has 0 aliphatic carbocycles. The highest BCUT2D eigenvalue weighted by Crippen LogP contribution is 2.25. The lowest BCUT2D eigenvalue weighted by Gasteiger charge is -2.06. The molecule has 0 spiro atoms. The molecule has 100 valence electrons. The van der Waals surface area contributed by atoms with Crippen LogP contribution in [0.25, 0.3) is 0 Å². The van der Waals surface area contributed by atoms with Gasteiger partial charge in [0.05, 0.1) is 22.2 Å². The monoisotopic (exact) mass is 297 g/mol. The molecule has 0 unspecified atom stereocenters. The van der Waals surface area contributed by atoms with E-state index in [2.05, 4.69) is 10.4 Å². The molecule has 2 aromatic rings. The van der Waals surface area contributed by atoms with Crippen LogP contribution in [0.15, 0.2) is 24.3 Å². The highest BCUT2D eigenvalue weighted by Gasteiger charge is 2.09. The summed E-state index contributed by atoms with van der Waals surface area (Å²) in [6.45, 7) is 1.89. The van der Waals surface area contributed by atoms with Gasteiger partial charge >= 0.3 is 0 Å². The van der Waals surface area contributed by atoms with Crippen molar-refractivity contribution in [3.8, 4) is 0 Å². The van der Waals surface area contributed by atoms with E-state index in [0.29, 0.717) is 15.7 Å². The molecule has 1 N–H and O–H groups in total. The van der Waals surface area contributed by atoms with Gasteiger partial charge in [-0.3, -0.25) is 9.48 Å². The van der Waals surface area contributed by atoms with Gasteiger partial charge < -0.3 is 5.32 Å². The molecule has 0 aliphatic rings. The number of nitrogens with zero attached hydrogens (tertiary/aromatic N) is 2. The Hall–Kier alpha value is -1.52. The zero-order chi connectivity index (χ0) is 14.0. The maximum absolute atomic E-state index is 11.9. The van der Waals surface area contributed by atoms with Crippen LogP contribution >= 0.6 is 23.2 Å². The first-order valence-electron chi connectivity index (χ1n) is 5.70. The topological polar surface area (TPSA) is 46.9 Å². The number of anilines is 1. The van der Waals surface area contributed by atoms with Crippen LogP contribution in [0, 0.1) is 6.92 Å². The second kappa shape index (κ2) is 5.63. The van der Waals surface area contributed by atoms with E-state index < -0.39 is 0 Å². The van der Waals surface area contributed by atoms with Gasteiger partial charge in [0.1, 0.15) is 0 Å². The highest BCUT2D eigenvalue weighted by molar-refractivity contribution is 6.42. The fourth-order valence-corrected chi connectivity index (χ4v) is 2.07. The van der Waals surface area contributed by atoms with E-state index in [-0.39, 0.29) is 12.3 Å². The average Bonchev–Trinajstić information content (AvgIpc) is 2.62. The number of amides is 1. The van der Waals surface area contributed by atoms with Crippen LogP contribution in [0.5, 0.6) is 0 Å². The van der Waals surface area contributed by atoms with Gasteiger partial charge in [-0.05, 0) is 31.2 Å². The molecule has 1 heterocycles. The standard InChI is InChI=1S/C13H13Cl2N3O/c1-8-5-10(18(2)17-8)7-13(19)16-9-3-4-11(14)12(15)6-9/h3-6H,7H2,1-2H3,(H,16,19). The molecule has 0 bridgehead atoms. The number of nitrogens with one attached hydrogen (secondary N) is 1. The third-order valence-corrected chi connectivity index (χ3v) is 3.38. The minimum atomic E-state index is -0.124. The van der Waals surface area contributed by atoms with Crippen LogP contribution in [0.1, 0.15) is 11.4 Å². The molecule has 0 saturated carbocycles. The van der Waals surface area contributed by atoms with Crippen molar-refractivity contribution in [2.75, 3.05) is 5.32 Å². The Balaban J connectivity index is 2.05. The molecule has 0 fully saturated rings. The summed E-state index contributed by atoms with van der Waals surface area (Å²) in [6.07, 6.45) is 0.261. The Labute approximate surface area is 121 Å². The van der Waals surface area contributed by atoms with Crippen molar-refractivity contribution in [1.29, 1.82) is 0 Å². The van der Waals surface area contributed by atoms with Gasteiger partial charge in [0.25, 0.3) is 0 Å². The maximum atomic E-state index is 11.9. The third kappa shape index (κ3) is 3.49. The Kier molecular flexibility index (Phi) is 4.12. The Morgan fingerprint density at radius 1 is 1.32 bits per heavy atom. The second-order valence-electron chi connectivity index (χ2n) is 4.25. The summed E-state index contributed by atoms with van der Waals surface area (Å²) in [7, 11) is 1.81. The molecule has 19 heavy (non-hydrogen) atoms. The van der Waals surface area contributed by atoms with Gasteiger partial charge in [0, 0.05) is 18.4 Å². The van der Waals surface area contributed by atoms with Gasteiger partial charge in [-0.1, -0.05) is 23.2 Å². The molecule has 6 heteroatoms. The summed E-state index contributed by atoms with van der Waals surface area (Å²) < 4.78 is 1.70. The van der Waals surface area contributed by atoms with E-state index in [4.69, 9.17) is 23.2 Å². The SMILES string of the molecule is Cc1cc(CC(=O)Nc2ccc(Cl)c(Cl)c2)n(C)n1. The number of halogens is 2. The smallest absolute Gasteiger partial charge is 0.230 e. The number of aryl methyl sites for hydroxylation is 2. The quantitative estimate of drug-likeness (QED) is 0.945. The molecule has 4 nitrogen and oxygen atoms in total. The molecule has 1 aromatic heterocycles. The summed E-state index contributed by atoms with van der Waals surface area (Å²) in [6, 6.07) is 6.86. The summed E-state index contributed by atoms with van der Waals surface area (Å²) >= 11 is 11.7. The van der Waals surface area contributed by atoms with Crippen molar-refractivity contribution in [3.63, 3.8) is 0 Å². The summed E-state index contributed by atoms with van der Waals surface area (Å²) in [5.41, 5.74) is 2.37. The maximum Gasteiger partial charge on any atom is 0.230 e. The fraction of sp³-hybridized carbons (Fsp3) is 0.231. The molecule has 0 saturated heterocycles. The van der Waals surface area contributed by atoms with Crippen LogP contribution in [0.3, 0.4) is 0 Å². The molecule has 0 aliphatic heterocycles. The van der Waals surface area contributed by atoms with Crippen LogP contribution in [0.4, 0.5) is 5.69 Å². The Morgan fingerprint density at radius 2 is 2.05 bits per heavy atom.